The highest BCUT2D eigenvalue weighted by Gasteiger charge is 2.50. The normalized spacial score (nSPS) is 24.2. The molecule has 1 aliphatic carbocycles. The van der Waals surface area contributed by atoms with Crippen molar-refractivity contribution in [2.75, 3.05) is 0 Å². The number of carboxylic acids is 1. The van der Waals surface area contributed by atoms with Gasteiger partial charge in [-0.05, 0) is 44.7 Å². The molecule has 0 saturated heterocycles. The van der Waals surface area contributed by atoms with Gasteiger partial charge in [0.2, 0.25) is 0 Å². The van der Waals surface area contributed by atoms with E-state index in [4.69, 9.17) is 4.74 Å². The number of hydrogen-bond donors (Lipinski definition) is 1. The molecule has 1 aliphatic rings. The summed E-state index contributed by atoms with van der Waals surface area (Å²) in [5.41, 5.74) is 0.642. The van der Waals surface area contributed by atoms with Crippen LogP contribution in [0.1, 0.15) is 61.4 Å². The predicted molar refractivity (Wildman–Crippen MR) is 83.8 cm³/mol. The summed E-state index contributed by atoms with van der Waals surface area (Å²) in [6.45, 7) is 3.99. The second-order valence-corrected chi connectivity index (χ2v) is 6.22. The molecule has 1 aromatic rings. The predicted octanol–water partition coefficient (Wildman–Crippen LogP) is 3.97. The van der Waals surface area contributed by atoms with E-state index >= 15 is 0 Å². The first-order chi connectivity index (χ1) is 10.5. The Morgan fingerprint density at radius 1 is 1.32 bits per heavy atom. The molecule has 0 amide bonds. The van der Waals surface area contributed by atoms with Crippen LogP contribution < -0.4 is 0 Å². The molecule has 2 rings (SSSR count). The van der Waals surface area contributed by atoms with Gasteiger partial charge in [0.15, 0.2) is 0 Å². The Morgan fingerprint density at radius 2 is 2.00 bits per heavy atom. The number of rotatable bonds is 6. The molecule has 1 fully saturated rings. The molecule has 1 aromatic carbocycles. The van der Waals surface area contributed by atoms with Crippen LogP contribution in [0.2, 0.25) is 0 Å². The van der Waals surface area contributed by atoms with Crippen molar-refractivity contribution in [1.82, 2.24) is 0 Å². The van der Waals surface area contributed by atoms with E-state index in [1.165, 1.54) is 0 Å². The van der Waals surface area contributed by atoms with E-state index in [1.807, 2.05) is 26.0 Å². The zero-order valence-corrected chi connectivity index (χ0v) is 13.3. The SMILES string of the molecule is CCCCC1(C(=O)O)CCCC1OC(=O)c1ccc(C)cc1. The van der Waals surface area contributed by atoms with Crippen molar-refractivity contribution in [3.8, 4) is 0 Å². The highest BCUT2D eigenvalue weighted by Crippen LogP contribution is 2.45. The van der Waals surface area contributed by atoms with Gasteiger partial charge >= 0.3 is 11.9 Å². The molecular weight excluding hydrogens is 280 g/mol. The van der Waals surface area contributed by atoms with Crippen molar-refractivity contribution in [2.45, 2.75) is 58.5 Å². The third-order valence-corrected chi connectivity index (χ3v) is 4.64. The molecule has 0 heterocycles. The molecule has 4 nitrogen and oxygen atoms in total. The first-order valence-electron chi connectivity index (χ1n) is 8.00. The summed E-state index contributed by atoms with van der Waals surface area (Å²) >= 11 is 0. The van der Waals surface area contributed by atoms with Crippen LogP contribution in [-0.2, 0) is 9.53 Å². The van der Waals surface area contributed by atoms with Crippen LogP contribution in [0.5, 0.6) is 0 Å². The molecular formula is C18H24O4. The Morgan fingerprint density at radius 3 is 2.59 bits per heavy atom. The highest BCUT2D eigenvalue weighted by molar-refractivity contribution is 5.90. The number of ether oxygens (including phenoxy) is 1. The van der Waals surface area contributed by atoms with Gasteiger partial charge in [0, 0.05) is 0 Å². The fourth-order valence-electron chi connectivity index (χ4n) is 3.23. The third-order valence-electron chi connectivity index (χ3n) is 4.64. The Labute approximate surface area is 131 Å². The number of carboxylic acid groups (broad SMARTS) is 1. The minimum absolute atomic E-state index is 0.422. The van der Waals surface area contributed by atoms with E-state index in [-0.39, 0.29) is 0 Å². The van der Waals surface area contributed by atoms with Gasteiger partial charge in [-0.25, -0.2) is 4.79 Å². The molecule has 1 N–H and O–H groups in total. The summed E-state index contributed by atoms with van der Waals surface area (Å²) in [6.07, 6.45) is 3.85. The summed E-state index contributed by atoms with van der Waals surface area (Å²) in [4.78, 5) is 24.1. The van der Waals surface area contributed by atoms with Crippen molar-refractivity contribution < 1.29 is 19.4 Å². The van der Waals surface area contributed by atoms with E-state index < -0.39 is 23.5 Å². The lowest BCUT2D eigenvalue weighted by atomic mass is 9.79. The van der Waals surface area contributed by atoms with E-state index in [2.05, 4.69) is 0 Å². The zero-order valence-electron chi connectivity index (χ0n) is 13.3. The standard InChI is InChI=1S/C18H24O4/c1-3-4-11-18(17(20)21)12-5-6-15(18)22-16(19)14-9-7-13(2)8-10-14/h7-10,15H,3-6,11-12H2,1-2H3,(H,20,21). The molecule has 0 aromatic heterocycles. The minimum atomic E-state index is -0.906. The maximum Gasteiger partial charge on any atom is 0.338 e. The van der Waals surface area contributed by atoms with Crippen LogP contribution in [0.15, 0.2) is 24.3 Å². The lowest BCUT2D eigenvalue weighted by Gasteiger charge is -2.30. The lowest BCUT2D eigenvalue weighted by Crippen LogP contribution is -2.41. The zero-order chi connectivity index (χ0) is 16.2. The number of aryl methyl sites for hydroxylation is 1. The van der Waals surface area contributed by atoms with Crippen molar-refractivity contribution in [1.29, 1.82) is 0 Å². The van der Waals surface area contributed by atoms with E-state index in [0.29, 0.717) is 24.8 Å². The van der Waals surface area contributed by atoms with E-state index in [9.17, 15) is 14.7 Å². The quantitative estimate of drug-likeness (QED) is 0.808. The number of esters is 1. The molecule has 0 bridgehead atoms. The topological polar surface area (TPSA) is 63.6 Å². The fraction of sp³-hybridized carbons (Fsp3) is 0.556. The number of carbonyl (C=O) groups excluding carboxylic acids is 1. The Kier molecular flexibility index (Phi) is 5.22. The first-order valence-corrected chi connectivity index (χ1v) is 8.00. The van der Waals surface area contributed by atoms with Crippen molar-refractivity contribution in [3.63, 3.8) is 0 Å². The van der Waals surface area contributed by atoms with Gasteiger partial charge in [0.25, 0.3) is 0 Å². The first kappa shape index (κ1) is 16.5. The molecule has 4 heteroatoms. The summed E-state index contributed by atoms with van der Waals surface area (Å²) in [5.74, 6) is -1.26. The molecule has 2 unspecified atom stereocenters. The molecule has 0 aliphatic heterocycles. The smallest absolute Gasteiger partial charge is 0.338 e. The highest BCUT2D eigenvalue weighted by atomic mass is 16.5. The van der Waals surface area contributed by atoms with Crippen LogP contribution in [0.3, 0.4) is 0 Å². The second-order valence-electron chi connectivity index (χ2n) is 6.22. The molecule has 0 radical (unpaired) electrons. The van der Waals surface area contributed by atoms with Gasteiger partial charge in [0.05, 0.1) is 5.56 Å². The molecule has 22 heavy (non-hydrogen) atoms. The molecule has 0 spiro atoms. The van der Waals surface area contributed by atoms with Gasteiger partial charge in [-0.3, -0.25) is 4.79 Å². The molecule has 120 valence electrons. The third kappa shape index (κ3) is 3.32. The van der Waals surface area contributed by atoms with Gasteiger partial charge in [-0.2, -0.15) is 0 Å². The van der Waals surface area contributed by atoms with Gasteiger partial charge < -0.3 is 9.84 Å². The van der Waals surface area contributed by atoms with Crippen LogP contribution in [0.4, 0.5) is 0 Å². The fourth-order valence-corrected chi connectivity index (χ4v) is 3.23. The van der Waals surface area contributed by atoms with Crippen molar-refractivity contribution in [3.05, 3.63) is 35.4 Å². The van der Waals surface area contributed by atoms with Crippen LogP contribution in [0, 0.1) is 12.3 Å². The van der Waals surface area contributed by atoms with Gasteiger partial charge in [-0.1, -0.05) is 37.5 Å². The number of unbranched alkanes of at least 4 members (excludes halogenated alkanes) is 1. The molecule has 2 atom stereocenters. The Balaban J connectivity index is 2.13. The number of carbonyl (C=O) groups is 2. The summed E-state index contributed by atoms with van der Waals surface area (Å²) in [5, 5.41) is 9.69. The van der Waals surface area contributed by atoms with Gasteiger partial charge in [-0.15, -0.1) is 0 Å². The van der Waals surface area contributed by atoms with Crippen molar-refractivity contribution in [2.24, 2.45) is 5.41 Å². The summed E-state index contributed by atoms with van der Waals surface area (Å²) in [7, 11) is 0. The largest absolute Gasteiger partial charge is 0.481 e. The van der Waals surface area contributed by atoms with Crippen molar-refractivity contribution >= 4 is 11.9 Å². The average Bonchev–Trinajstić information content (AvgIpc) is 2.89. The maximum atomic E-state index is 12.3. The molecule has 1 saturated carbocycles. The van der Waals surface area contributed by atoms with Gasteiger partial charge in [0.1, 0.15) is 11.5 Å². The Hall–Kier alpha value is -1.84. The maximum absolute atomic E-state index is 12.3. The van der Waals surface area contributed by atoms with Crippen LogP contribution in [-0.4, -0.2) is 23.1 Å². The number of benzene rings is 1. The lowest BCUT2D eigenvalue weighted by molar-refractivity contribution is -0.155. The van der Waals surface area contributed by atoms with Crippen LogP contribution >= 0.6 is 0 Å². The Bertz CT molecular complexity index is 535. The van der Waals surface area contributed by atoms with Crippen LogP contribution in [0.25, 0.3) is 0 Å². The summed E-state index contributed by atoms with van der Waals surface area (Å²) in [6, 6.07) is 7.15. The summed E-state index contributed by atoms with van der Waals surface area (Å²) < 4.78 is 5.59. The van der Waals surface area contributed by atoms with E-state index in [1.54, 1.807) is 12.1 Å². The second kappa shape index (κ2) is 6.95. The average molecular weight is 304 g/mol. The monoisotopic (exact) mass is 304 g/mol. The number of aliphatic carboxylic acids is 1. The minimum Gasteiger partial charge on any atom is -0.481 e. The van der Waals surface area contributed by atoms with E-state index in [0.717, 1.165) is 24.8 Å². The number of hydrogen-bond acceptors (Lipinski definition) is 3.